The molecule has 0 radical (unpaired) electrons. The normalized spacial score (nSPS) is 13.8. The summed E-state index contributed by atoms with van der Waals surface area (Å²) in [6.07, 6.45) is 1.18. The fraction of sp³-hybridized carbons (Fsp3) is 0.294. The van der Waals surface area contributed by atoms with Gasteiger partial charge in [-0.2, -0.15) is 0 Å². The highest BCUT2D eigenvalue weighted by Crippen LogP contribution is 2.46. The molecule has 5 heterocycles. The minimum absolute atomic E-state index is 0.105. The Labute approximate surface area is 304 Å². The molecule has 0 amide bonds. The number of carboxylic acid groups (broad SMARTS) is 2. The van der Waals surface area contributed by atoms with Crippen molar-refractivity contribution in [1.29, 1.82) is 0 Å². The second kappa shape index (κ2) is 13.6. The average Bonchev–Trinajstić information content (AvgIpc) is 3.73. The van der Waals surface area contributed by atoms with Gasteiger partial charge in [0.25, 0.3) is 0 Å². The van der Waals surface area contributed by atoms with Gasteiger partial charge in [-0.05, 0) is 145 Å². The third-order valence-electron chi connectivity index (χ3n) is 8.74. The Hall–Kier alpha value is -2.84. The summed E-state index contributed by atoms with van der Waals surface area (Å²) in [4.78, 5) is 40.7. The number of aromatic nitrogens is 4. The Morgan fingerprint density at radius 3 is 1.62 bits per heavy atom. The van der Waals surface area contributed by atoms with Crippen molar-refractivity contribution in [2.75, 3.05) is 0 Å². The smallest absolute Gasteiger partial charge is 0.303 e. The van der Waals surface area contributed by atoms with Gasteiger partial charge in [0, 0.05) is 24.0 Å². The Kier molecular flexibility index (Phi) is 10.2. The maximum Gasteiger partial charge on any atom is 0.303 e. The molecule has 0 aromatic carbocycles. The van der Waals surface area contributed by atoms with Gasteiger partial charge in [-0.1, -0.05) is 12.7 Å². The first-order valence-corrected chi connectivity index (χ1v) is 17.9. The average molecular weight is 896 g/mol. The van der Waals surface area contributed by atoms with E-state index in [4.69, 9.17) is 9.97 Å². The zero-order chi connectivity index (χ0) is 34.6. The second-order valence-electron chi connectivity index (χ2n) is 11.6. The first-order valence-electron chi connectivity index (χ1n) is 14.7. The molecule has 3 aromatic rings. The fourth-order valence-corrected chi connectivity index (χ4v) is 9.13. The van der Waals surface area contributed by atoms with Crippen molar-refractivity contribution in [3.63, 3.8) is 0 Å². The highest BCUT2D eigenvalue weighted by atomic mass is 79.9. The van der Waals surface area contributed by atoms with Crippen molar-refractivity contribution >= 4 is 126 Å². The third-order valence-corrected chi connectivity index (χ3v) is 11.8. The van der Waals surface area contributed by atoms with Crippen molar-refractivity contribution in [3.05, 3.63) is 69.5 Å². The van der Waals surface area contributed by atoms with E-state index >= 15 is 0 Å². The second-order valence-corrected chi connectivity index (χ2v) is 14.7. The minimum Gasteiger partial charge on any atom is -0.481 e. The Bertz CT molecular complexity index is 2140. The van der Waals surface area contributed by atoms with Crippen LogP contribution in [0.25, 0.3) is 50.4 Å². The lowest BCUT2D eigenvalue weighted by Gasteiger charge is -2.08. The lowest BCUT2D eigenvalue weighted by atomic mass is 9.98. The summed E-state index contributed by atoms with van der Waals surface area (Å²) in [5, 5.41) is 30.2. The number of allylic oxidation sites excluding steroid dienone is 4. The minimum atomic E-state index is -0.939. The maximum absolute atomic E-state index is 11.7. The Balaban J connectivity index is 2.10. The summed E-state index contributed by atoms with van der Waals surface area (Å²) in [6, 6.07) is 0. The van der Waals surface area contributed by atoms with Gasteiger partial charge in [-0.3, -0.25) is 9.59 Å². The number of hydrogen-bond donors (Lipinski definition) is 5. The Morgan fingerprint density at radius 2 is 1.17 bits per heavy atom. The summed E-state index contributed by atoms with van der Waals surface area (Å²) in [5.74, 6) is -1.87. The predicted molar refractivity (Wildman–Crippen MR) is 201 cm³/mol. The molecule has 9 nitrogen and oxygen atoms in total. The van der Waals surface area contributed by atoms with Crippen molar-refractivity contribution in [2.24, 2.45) is 0 Å². The van der Waals surface area contributed by atoms with Crippen LogP contribution in [0.15, 0.2) is 24.5 Å². The van der Waals surface area contributed by atoms with E-state index in [0.717, 1.165) is 50.0 Å². The van der Waals surface area contributed by atoms with Gasteiger partial charge >= 0.3 is 11.9 Å². The first kappa shape index (κ1) is 35.5. The quantitative estimate of drug-likeness (QED) is 0.151. The molecular weight excluding hydrogens is 864 g/mol. The largest absolute Gasteiger partial charge is 0.481 e. The Morgan fingerprint density at radius 1 is 0.723 bits per heavy atom. The number of aliphatic hydroxyl groups is 1. The van der Waals surface area contributed by atoms with Crippen LogP contribution in [0.1, 0.15) is 97.6 Å². The summed E-state index contributed by atoms with van der Waals surface area (Å²) >= 11 is 15.3. The summed E-state index contributed by atoms with van der Waals surface area (Å²) < 4.78 is 2.53. The van der Waals surface area contributed by atoms with Gasteiger partial charge in [-0.15, -0.1) is 0 Å². The molecular formula is C34H32Br4N4O5. The lowest BCUT2D eigenvalue weighted by Crippen LogP contribution is -1.98. The van der Waals surface area contributed by atoms with Crippen LogP contribution in [0.5, 0.6) is 0 Å². The van der Waals surface area contributed by atoms with E-state index < -0.39 is 18.0 Å². The molecule has 2 aliphatic heterocycles. The number of aryl methyl sites for hydroxylation is 2. The van der Waals surface area contributed by atoms with Crippen molar-refractivity contribution < 1.29 is 24.9 Å². The molecule has 0 aliphatic carbocycles. The number of aliphatic hydroxyl groups excluding tert-OH is 1. The van der Waals surface area contributed by atoms with Crippen LogP contribution in [0.2, 0.25) is 0 Å². The van der Waals surface area contributed by atoms with E-state index in [2.05, 4.69) is 80.3 Å². The number of fused-ring (bicyclic) bond motifs is 8. The van der Waals surface area contributed by atoms with Gasteiger partial charge in [0.1, 0.15) is 0 Å². The zero-order valence-electron chi connectivity index (χ0n) is 26.3. The topological polar surface area (TPSA) is 152 Å². The third kappa shape index (κ3) is 6.14. The molecule has 2 aliphatic rings. The summed E-state index contributed by atoms with van der Waals surface area (Å²) in [6.45, 7) is 13.5. The van der Waals surface area contributed by atoms with E-state index in [-0.39, 0.29) is 25.7 Å². The molecule has 0 saturated carbocycles. The number of nitrogens with one attached hydrogen (secondary N) is 2. The number of hydrogen-bond acceptors (Lipinski definition) is 5. The SMILES string of the molecule is C=Cc1c(C)c2[nH]c1c(Br)c1nc(c(Br)c3nc(c(Br)c4[nH]c(c(C(C)O)c4C)c2Br)C(C)=C3CCC(=O)O)C(CCC(=O)O)=C1C. The summed E-state index contributed by atoms with van der Waals surface area (Å²) in [5.41, 5.74) is 11.5. The van der Waals surface area contributed by atoms with Crippen LogP contribution < -0.4 is 0 Å². The predicted octanol–water partition coefficient (Wildman–Crippen LogP) is 10.3. The highest BCUT2D eigenvalue weighted by Gasteiger charge is 2.29. The zero-order valence-corrected chi connectivity index (χ0v) is 32.6. The van der Waals surface area contributed by atoms with Crippen LogP contribution in [0.3, 0.4) is 0 Å². The lowest BCUT2D eigenvalue weighted by molar-refractivity contribution is -0.137. The van der Waals surface area contributed by atoms with E-state index in [1.54, 1.807) is 13.0 Å². The number of rotatable bonds is 8. The van der Waals surface area contributed by atoms with Crippen LogP contribution >= 0.6 is 63.7 Å². The highest BCUT2D eigenvalue weighted by molar-refractivity contribution is 9.11. The molecule has 3 aromatic heterocycles. The van der Waals surface area contributed by atoms with Crippen LogP contribution in [-0.2, 0) is 9.59 Å². The van der Waals surface area contributed by atoms with Crippen molar-refractivity contribution in [2.45, 2.75) is 66.4 Å². The molecule has 13 heteroatoms. The van der Waals surface area contributed by atoms with Crippen LogP contribution in [0.4, 0.5) is 0 Å². The van der Waals surface area contributed by atoms with E-state index in [1.807, 2.05) is 27.7 Å². The van der Waals surface area contributed by atoms with Crippen LogP contribution in [0, 0.1) is 13.8 Å². The van der Waals surface area contributed by atoms with Crippen molar-refractivity contribution in [3.8, 4) is 0 Å². The molecule has 47 heavy (non-hydrogen) atoms. The molecule has 0 spiro atoms. The summed E-state index contributed by atoms with van der Waals surface area (Å²) in [7, 11) is 0. The molecule has 1 atom stereocenters. The number of aliphatic carboxylic acids is 2. The van der Waals surface area contributed by atoms with Gasteiger partial charge in [0.05, 0.1) is 68.8 Å². The van der Waals surface area contributed by atoms with E-state index in [9.17, 15) is 24.9 Å². The number of H-pyrrole nitrogens is 2. The molecule has 8 bridgehead atoms. The van der Waals surface area contributed by atoms with Gasteiger partial charge in [0.15, 0.2) is 0 Å². The molecule has 0 fully saturated rings. The molecule has 0 saturated heterocycles. The number of halogens is 4. The molecule has 1 unspecified atom stereocenters. The van der Waals surface area contributed by atoms with Gasteiger partial charge in [-0.25, -0.2) is 9.97 Å². The maximum atomic E-state index is 11.7. The number of aromatic amines is 2. The van der Waals surface area contributed by atoms with Crippen molar-refractivity contribution in [1.82, 2.24) is 19.9 Å². The van der Waals surface area contributed by atoms with Gasteiger partial charge in [0.2, 0.25) is 0 Å². The number of nitrogens with zero attached hydrogens (tertiary/aromatic N) is 2. The van der Waals surface area contributed by atoms with E-state index in [1.165, 1.54) is 0 Å². The molecule has 246 valence electrons. The first-order chi connectivity index (χ1) is 22.1. The molecule has 5 rings (SSSR count). The molecule has 5 N–H and O–H groups in total. The monoisotopic (exact) mass is 892 g/mol. The standard InChI is InChI=1S/C34H32Br4N4O5/c1-7-17-12(2)27-25(37)34-22(16(6)43)15(5)30(42-34)23(35)28-13(3)18(8-10-20(44)45)32(40-28)26(38)33-19(9-11-21(46)47)14(4)29(41-33)24(36)31(17)39-27/h7,16,39,42-43H,1,8-11H2,2-6H3,(H,44,45)(H,46,47). The van der Waals surface area contributed by atoms with Gasteiger partial charge < -0.3 is 25.3 Å². The fourth-order valence-electron chi connectivity index (χ4n) is 6.29. The van der Waals surface area contributed by atoms with E-state index in [0.29, 0.717) is 57.3 Å². The number of carboxylic acids is 2. The number of carbonyl (C=O) groups is 2. The van der Waals surface area contributed by atoms with Crippen LogP contribution in [-0.4, -0.2) is 47.2 Å².